The Labute approximate surface area is 92.2 Å². The molecule has 1 spiro atoms. The van der Waals surface area contributed by atoms with E-state index in [0.717, 1.165) is 13.1 Å². The molecule has 2 fully saturated rings. The Kier molecular flexibility index (Phi) is 2.34. The molecule has 0 aromatic heterocycles. The second kappa shape index (κ2) is 3.21. The lowest BCUT2D eigenvalue weighted by Gasteiger charge is -2.59. The summed E-state index contributed by atoms with van der Waals surface area (Å²) in [5.41, 5.74) is 0.699. The van der Waals surface area contributed by atoms with Gasteiger partial charge in [0, 0.05) is 37.0 Å². The smallest absolute Gasteiger partial charge is 0.219 e. The average molecular weight is 210 g/mol. The highest BCUT2D eigenvalue weighted by atomic mass is 16.2. The zero-order valence-corrected chi connectivity index (χ0v) is 10.3. The van der Waals surface area contributed by atoms with E-state index in [0.29, 0.717) is 11.5 Å². The number of amides is 1. The summed E-state index contributed by atoms with van der Waals surface area (Å²) in [6, 6.07) is 0.666. The van der Waals surface area contributed by atoms with Crippen LogP contribution in [-0.2, 0) is 4.79 Å². The van der Waals surface area contributed by atoms with E-state index in [4.69, 9.17) is 0 Å². The number of rotatable bonds is 1. The van der Waals surface area contributed by atoms with Crippen LogP contribution in [0.2, 0.25) is 0 Å². The summed E-state index contributed by atoms with van der Waals surface area (Å²) in [5, 5.41) is 3.62. The Bertz CT molecular complexity index is 266. The number of nitrogens with one attached hydrogen (secondary N) is 1. The number of carbonyl (C=O) groups excluding carboxylic acids is 1. The maximum Gasteiger partial charge on any atom is 0.219 e. The number of hydrogen-bond acceptors (Lipinski definition) is 2. The summed E-state index contributed by atoms with van der Waals surface area (Å²) in [5.74, 6) is 0.229. The minimum Gasteiger partial charge on any atom is -0.342 e. The molecule has 1 aliphatic carbocycles. The molecule has 2 rings (SSSR count). The molecule has 1 amide bonds. The van der Waals surface area contributed by atoms with Gasteiger partial charge in [-0.25, -0.2) is 0 Å². The van der Waals surface area contributed by atoms with Gasteiger partial charge in [0.25, 0.3) is 0 Å². The summed E-state index contributed by atoms with van der Waals surface area (Å²) in [6.45, 7) is 10.3. The standard InChI is InChI=1S/C12H22N2O/c1-9(15)14-7-12(8-14)5-10(6-12)13-11(2,3)4/h10,13H,5-8H2,1-4H3. The summed E-state index contributed by atoms with van der Waals surface area (Å²) in [4.78, 5) is 13.0. The molecule has 0 atom stereocenters. The molecule has 1 aliphatic heterocycles. The van der Waals surface area contributed by atoms with Gasteiger partial charge in [-0.15, -0.1) is 0 Å². The van der Waals surface area contributed by atoms with Crippen LogP contribution in [0.3, 0.4) is 0 Å². The molecule has 3 nitrogen and oxygen atoms in total. The fraction of sp³-hybridized carbons (Fsp3) is 0.917. The monoisotopic (exact) mass is 210 g/mol. The van der Waals surface area contributed by atoms with Crippen molar-refractivity contribution in [3.63, 3.8) is 0 Å². The highest BCUT2D eigenvalue weighted by molar-refractivity contribution is 5.74. The van der Waals surface area contributed by atoms with E-state index in [1.807, 2.05) is 4.90 Å². The minimum absolute atomic E-state index is 0.219. The molecule has 86 valence electrons. The lowest BCUT2D eigenvalue weighted by atomic mass is 9.60. The third kappa shape index (κ3) is 2.17. The van der Waals surface area contributed by atoms with Gasteiger partial charge in [0.2, 0.25) is 5.91 Å². The van der Waals surface area contributed by atoms with E-state index < -0.39 is 0 Å². The van der Waals surface area contributed by atoms with Crippen LogP contribution in [0, 0.1) is 5.41 Å². The highest BCUT2D eigenvalue weighted by Gasteiger charge is 2.53. The first kappa shape index (κ1) is 10.9. The van der Waals surface area contributed by atoms with Gasteiger partial charge in [0.05, 0.1) is 0 Å². The van der Waals surface area contributed by atoms with Crippen LogP contribution in [-0.4, -0.2) is 35.5 Å². The number of nitrogens with zero attached hydrogens (tertiary/aromatic N) is 1. The molecule has 1 heterocycles. The molecule has 1 saturated heterocycles. The molecule has 0 aromatic rings. The average Bonchev–Trinajstić information content (AvgIpc) is 1.87. The van der Waals surface area contributed by atoms with Crippen LogP contribution in [0.1, 0.15) is 40.5 Å². The fourth-order valence-electron chi connectivity index (χ4n) is 2.94. The van der Waals surface area contributed by atoms with Crippen LogP contribution in [0.25, 0.3) is 0 Å². The Hall–Kier alpha value is -0.570. The minimum atomic E-state index is 0.219. The predicted octanol–water partition coefficient (Wildman–Crippen LogP) is 1.39. The number of carbonyl (C=O) groups is 1. The molecule has 2 aliphatic rings. The van der Waals surface area contributed by atoms with Crippen molar-refractivity contribution in [1.82, 2.24) is 10.2 Å². The van der Waals surface area contributed by atoms with E-state index >= 15 is 0 Å². The van der Waals surface area contributed by atoms with E-state index in [9.17, 15) is 4.79 Å². The van der Waals surface area contributed by atoms with Gasteiger partial charge < -0.3 is 10.2 Å². The third-order valence-corrected chi connectivity index (χ3v) is 3.49. The Morgan fingerprint density at radius 2 is 1.87 bits per heavy atom. The zero-order chi connectivity index (χ0) is 11.3. The number of likely N-dealkylation sites (tertiary alicyclic amines) is 1. The first-order valence-electron chi connectivity index (χ1n) is 5.83. The van der Waals surface area contributed by atoms with Crippen LogP contribution in [0.4, 0.5) is 0 Å². The normalized spacial score (nSPS) is 24.9. The maximum absolute atomic E-state index is 11.1. The number of hydrogen-bond donors (Lipinski definition) is 1. The molecule has 0 unspecified atom stereocenters. The van der Waals surface area contributed by atoms with Crippen molar-refractivity contribution < 1.29 is 4.79 Å². The third-order valence-electron chi connectivity index (χ3n) is 3.49. The van der Waals surface area contributed by atoms with Gasteiger partial charge in [0.15, 0.2) is 0 Å². The van der Waals surface area contributed by atoms with Crippen molar-refractivity contribution >= 4 is 5.91 Å². The SMILES string of the molecule is CC(=O)N1CC2(CC(NC(C)(C)C)C2)C1. The van der Waals surface area contributed by atoms with Crippen molar-refractivity contribution in [2.75, 3.05) is 13.1 Å². The highest BCUT2D eigenvalue weighted by Crippen LogP contribution is 2.48. The van der Waals surface area contributed by atoms with E-state index in [1.165, 1.54) is 12.8 Å². The predicted molar refractivity (Wildman–Crippen MR) is 60.6 cm³/mol. The largest absolute Gasteiger partial charge is 0.342 e. The van der Waals surface area contributed by atoms with Gasteiger partial charge in [-0.05, 0) is 33.6 Å². The zero-order valence-electron chi connectivity index (χ0n) is 10.3. The van der Waals surface area contributed by atoms with Crippen LogP contribution in [0.15, 0.2) is 0 Å². The van der Waals surface area contributed by atoms with E-state index in [2.05, 4.69) is 26.1 Å². The van der Waals surface area contributed by atoms with Crippen LogP contribution >= 0.6 is 0 Å². The van der Waals surface area contributed by atoms with Crippen molar-refractivity contribution in [3.8, 4) is 0 Å². The second-order valence-electron chi connectivity index (χ2n) is 6.37. The molecule has 15 heavy (non-hydrogen) atoms. The summed E-state index contributed by atoms with van der Waals surface area (Å²) in [6.07, 6.45) is 2.49. The fourth-order valence-corrected chi connectivity index (χ4v) is 2.94. The topological polar surface area (TPSA) is 32.3 Å². The summed E-state index contributed by atoms with van der Waals surface area (Å²) < 4.78 is 0. The second-order valence-corrected chi connectivity index (χ2v) is 6.37. The first-order valence-corrected chi connectivity index (χ1v) is 5.83. The lowest BCUT2D eigenvalue weighted by molar-refractivity contribution is -0.150. The summed E-state index contributed by atoms with van der Waals surface area (Å²) in [7, 11) is 0. The van der Waals surface area contributed by atoms with Crippen LogP contribution in [0.5, 0.6) is 0 Å². The molecule has 1 N–H and O–H groups in total. The molecule has 3 heteroatoms. The van der Waals surface area contributed by atoms with Crippen molar-refractivity contribution in [2.45, 2.75) is 52.1 Å². The van der Waals surface area contributed by atoms with E-state index in [1.54, 1.807) is 6.92 Å². The molecular weight excluding hydrogens is 188 g/mol. The van der Waals surface area contributed by atoms with Gasteiger partial charge in [-0.3, -0.25) is 4.79 Å². The summed E-state index contributed by atoms with van der Waals surface area (Å²) >= 11 is 0. The van der Waals surface area contributed by atoms with Gasteiger partial charge in [0.1, 0.15) is 0 Å². The van der Waals surface area contributed by atoms with Gasteiger partial charge in [-0.2, -0.15) is 0 Å². The van der Waals surface area contributed by atoms with Crippen molar-refractivity contribution in [1.29, 1.82) is 0 Å². The molecular formula is C12H22N2O. The van der Waals surface area contributed by atoms with Crippen LogP contribution < -0.4 is 5.32 Å². The molecule has 0 bridgehead atoms. The van der Waals surface area contributed by atoms with Gasteiger partial charge >= 0.3 is 0 Å². The van der Waals surface area contributed by atoms with E-state index in [-0.39, 0.29) is 11.4 Å². The quantitative estimate of drug-likeness (QED) is 0.709. The lowest BCUT2D eigenvalue weighted by Crippen LogP contribution is -2.68. The Morgan fingerprint density at radius 1 is 1.33 bits per heavy atom. The molecule has 0 aromatic carbocycles. The molecule has 0 radical (unpaired) electrons. The Morgan fingerprint density at radius 3 is 2.27 bits per heavy atom. The Balaban J connectivity index is 1.74. The van der Waals surface area contributed by atoms with Crippen molar-refractivity contribution in [2.24, 2.45) is 5.41 Å². The first-order chi connectivity index (χ1) is 6.80. The van der Waals surface area contributed by atoms with Crippen molar-refractivity contribution in [3.05, 3.63) is 0 Å². The maximum atomic E-state index is 11.1. The molecule has 1 saturated carbocycles. The van der Waals surface area contributed by atoms with Gasteiger partial charge in [-0.1, -0.05) is 0 Å².